The van der Waals surface area contributed by atoms with Crippen LogP contribution in [0, 0.1) is 0 Å². The van der Waals surface area contributed by atoms with Gasteiger partial charge in [-0.15, -0.1) is 0 Å². The van der Waals surface area contributed by atoms with E-state index in [1.165, 1.54) is 12.8 Å². The maximum absolute atomic E-state index is 5.54. The van der Waals surface area contributed by atoms with Gasteiger partial charge >= 0.3 is 0 Å². The van der Waals surface area contributed by atoms with E-state index in [4.69, 9.17) is 9.26 Å². The first kappa shape index (κ1) is 11.2. The van der Waals surface area contributed by atoms with E-state index in [0.29, 0.717) is 5.92 Å². The maximum atomic E-state index is 5.54. The second kappa shape index (κ2) is 4.38. The lowest BCUT2D eigenvalue weighted by atomic mass is 10.2. The Morgan fingerprint density at radius 2 is 2.24 bits per heavy atom. The zero-order chi connectivity index (χ0) is 11.8. The Labute approximate surface area is 101 Å². The fourth-order valence-corrected chi connectivity index (χ4v) is 2.28. The van der Waals surface area contributed by atoms with E-state index in [2.05, 4.69) is 28.9 Å². The molecule has 1 aliphatic carbocycles. The molecule has 94 valence electrons. The number of hydrogen-bond donors (Lipinski definition) is 0. The number of aromatic nitrogens is 2. The van der Waals surface area contributed by atoms with Crippen LogP contribution < -0.4 is 0 Å². The highest BCUT2D eigenvalue weighted by molar-refractivity contribution is 5.04. The quantitative estimate of drug-likeness (QED) is 0.801. The normalized spacial score (nSPS) is 28.2. The van der Waals surface area contributed by atoms with E-state index in [9.17, 15) is 0 Å². The molecule has 1 aromatic rings. The van der Waals surface area contributed by atoms with Crippen LogP contribution in [0.5, 0.6) is 0 Å². The first-order chi connectivity index (χ1) is 8.24. The molecule has 1 saturated carbocycles. The smallest absolute Gasteiger partial charge is 0.243 e. The average Bonchev–Trinajstić information content (AvgIpc) is 3.07. The molecule has 1 aliphatic heterocycles. The average molecular weight is 237 g/mol. The summed E-state index contributed by atoms with van der Waals surface area (Å²) in [6, 6.07) is 0.196. The minimum atomic E-state index is 0.196. The number of ether oxygens (including phenoxy) is 1. The summed E-state index contributed by atoms with van der Waals surface area (Å²) in [5.41, 5.74) is 0. The Morgan fingerprint density at radius 3 is 2.94 bits per heavy atom. The lowest BCUT2D eigenvalue weighted by Gasteiger charge is -2.33. The van der Waals surface area contributed by atoms with Gasteiger partial charge in [-0.05, 0) is 26.7 Å². The molecule has 3 rings (SSSR count). The number of rotatable bonds is 3. The van der Waals surface area contributed by atoms with Gasteiger partial charge in [0, 0.05) is 19.0 Å². The zero-order valence-corrected chi connectivity index (χ0v) is 10.4. The second-order valence-electron chi connectivity index (χ2n) is 5.12. The number of morpholine rings is 1. The molecule has 0 aromatic carbocycles. The topological polar surface area (TPSA) is 51.4 Å². The van der Waals surface area contributed by atoms with Crippen molar-refractivity contribution in [3.05, 3.63) is 11.7 Å². The first-order valence-corrected chi connectivity index (χ1v) is 6.43. The summed E-state index contributed by atoms with van der Waals surface area (Å²) in [6.45, 7) is 6.88. The third kappa shape index (κ3) is 2.35. The predicted molar refractivity (Wildman–Crippen MR) is 61.7 cm³/mol. The van der Waals surface area contributed by atoms with Gasteiger partial charge in [-0.1, -0.05) is 5.16 Å². The minimum absolute atomic E-state index is 0.196. The molecule has 1 saturated heterocycles. The molecule has 2 heterocycles. The van der Waals surface area contributed by atoms with Crippen molar-refractivity contribution in [3.8, 4) is 0 Å². The molecule has 0 radical (unpaired) electrons. The van der Waals surface area contributed by atoms with Gasteiger partial charge in [-0.3, -0.25) is 4.90 Å². The van der Waals surface area contributed by atoms with Crippen molar-refractivity contribution in [1.29, 1.82) is 0 Å². The molecular formula is C12H19N3O2. The molecule has 0 amide bonds. The molecule has 0 unspecified atom stereocenters. The van der Waals surface area contributed by atoms with Gasteiger partial charge in [0.1, 0.15) is 0 Å². The van der Waals surface area contributed by atoms with E-state index in [-0.39, 0.29) is 12.1 Å². The van der Waals surface area contributed by atoms with Crippen LogP contribution in [0.4, 0.5) is 0 Å². The molecule has 5 nitrogen and oxygen atoms in total. The first-order valence-electron chi connectivity index (χ1n) is 6.43. The van der Waals surface area contributed by atoms with Gasteiger partial charge in [0.15, 0.2) is 5.82 Å². The van der Waals surface area contributed by atoms with Crippen LogP contribution in [0.25, 0.3) is 0 Å². The highest BCUT2D eigenvalue weighted by Gasteiger charge is 2.31. The SMILES string of the molecule is C[C@@H]1CN([C@@H](C)c2nc(C3CC3)no2)CCO1. The molecule has 0 N–H and O–H groups in total. The Hall–Kier alpha value is -0.940. The highest BCUT2D eigenvalue weighted by atomic mass is 16.5. The molecule has 2 fully saturated rings. The Balaban J connectivity index is 1.68. The van der Waals surface area contributed by atoms with Crippen molar-refractivity contribution >= 4 is 0 Å². The summed E-state index contributed by atoms with van der Waals surface area (Å²) < 4.78 is 10.9. The molecular weight excluding hydrogens is 218 g/mol. The number of hydrogen-bond acceptors (Lipinski definition) is 5. The van der Waals surface area contributed by atoms with Crippen LogP contribution in [0.3, 0.4) is 0 Å². The van der Waals surface area contributed by atoms with Crippen LogP contribution in [-0.4, -0.2) is 40.8 Å². The third-order valence-electron chi connectivity index (χ3n) is 3.58. The van der Waals surface area contributed by atoms with E-state index in [1.54, 1.807) is 0 Å². The largest absolute Gasteiger partial charge is 0.376 e. The summed E-state index contributed by atoms with van der Waals surface area (Å²) in [5, 5.41) is 4.07. The van der Waals surface area contributed by atoms with E-state index >= 15 is 0 Å². The highest BCUT2D eigenvalue weighted by Crippen LogP contribution is 2.38. The Bertz CT molecular complexity index is 389. The van der Waals surface area contributed by atoms with Crippen LogP contribution >= 0.6 is 0 Å². The van der Waals surface area contributed by atoms with Gasteiger partial charge in [0.2, 0.25) is 5.89 Å². The predicted octanol–water partition coefficient (Wildman–Crippen LogP) is 1.73. The molecule has 0 bridgehead atoms. The third-order valence-corrected chi connectivity index (χ3v) is 3.58. The van der Waals surface area contributed by atoms with Gasteiger partial charge in [0.05, 0.1) is 18.8 Å². The number of nitrogens with zero attached hydrogens (tertiary/aromatic N) is 3. The lowest BCUT2D eigenvalue weighted by molar-refractivity contribution is -0.0361. The summed E-state index contributed by atoms with van der Waals surface area (Å²) >= 11 is 0. The molecule has 2 aliphatic rings. The Kier molecular flexibility index (Phi) is 2.88. The molecule has 17 heavy (non-hydrogen) atoms. The fourth-order valence-electron chi connectivity index (χ4n) is 2.28. The molecule has 1 aromatic heterocycles. The van der Waals surface area contributed by atoms with Crippen molar-refractivity contribution < 1.29 is 9.26 Å². The van der Waals surface area contributed by atoms with Crippen molar-refractivity contribution in [2.75, 3.05) is 19.7 Å². The van der Waals surface area contributed by atoms with Crippen molar-refractivity contribution in [1.82, 2.24) is 15.0 Å². The van der Waals surface area contributed by atoms with E-state index in [1.807, 2.05) is 0 Å². The summed E-state index contributed by atoms with van der Waals surface area (Å²) in [6.07, 6.45) is 2.71. The maximum Gasteiger partial charge on any atom is 0.243 e. The molecule has 2 atom stereocenters. The van der Waals surface area contributed by atoms with Crippen molar-refractivity contribution in [2.24, 2.45) is 0 Å². The van der Waals surface area contributed by atoms with E-state index < -0.39 is 0 Å². The summed E-state index contributed by atoms with van der Waals surface area (Å²) in [7, 11) is 0. The Morgan fingerprint density at radius 1 is 1.41 bits per heavy atom. The monoisotopic (exact) mass is 237 g/mol. The fraction of sp³-hybridized carbons (Fsp3) is 0.833. The van der Waals surface area contributed by atoms with Crippen LogP contribution in [-0.2, 0) is 4.74 Å². The summed E-state index contributed by atoms with van der Waals surface area (Å²) in [4.78, 5) is 6.86. The minimum Gasteiger partial charge on any atom is -0.376 e. The lowest BCUT2D eigenvalue weighted by Crippen LogP contribution is -2.42. The van der Waals surface area contributed by atoms with Gasteiger partial charge < -0.3 is 9.26 Å². The standard InChI is InChI=1S/C12H19N3O2/c1-8-7-15(5-6-16-8)9(2)12-13-11(14-17-12)10-3-4-10/h8-10H,3-7H2,1-2H3/t8-,9+/m1/s1. The van der Waals surface area contributed by atoms with E-state index in [0.717, 1.165) is 31.4 Å². The zero-order valence-electron chi connectivity index (χ0n) is 10.4. The molecule has 5 heteroatoms. The van der Waals surface area contributed by atoms with Crippen molar-refractivity contribution in [2.45, 2.75) is 44.8 Å². The molecule has 0 spiro atoms. The van der Waals surface area contributed by atoms with Crippen LogP contribution in [0.1, 0.15) is 50.4 Å². The van der Waals surface area contributed by atoms with Gasteiger partial charge in [-0.2, -0.15) is 4.98 Å². The van der Waals surface area contributed by atoms with Gasteiger partial charge in [-0.25, -0.2) is 0 Å². The summed E-state index contributed by atoms with van der Waals surface area (Å²) in [5.74, 6) is 2.21. The van der Waals surface area contributed by atoms with Crippen LogP contribution in [0.15, 0.2) is 4.52 Å². The van der Waals surface area contributed by atoms with Crippen LogP contribution in [0.2, 0.25) is 0 Å². The van der Waals surface area contributed by atoms with Crippen molar-refractivity contribution in [3.63, 3.8) is 0 Å². The second-order valence-corrected chi connectivity index (χ2v) is 5.12. The van der Waals surface area contributed by atoms with Gasteiger partial charge in [0.25, 0.3) is 0 Å².